The standard InChI is InChI=1S/C13H20N4O4/c1-3-4-16-8-9(17(19)20)5-11(16)13(18)15-10-6-14-7-12(10)21-2/h5,8,10,12,14H,3-4,6-7H2,1-2H3,(H,15,18)/t10?,12-/m0/s1. The molecule has 1 aromatic rings. The van der Waals surface area contributed by atoms with E-state index in [-0.39, 0.29) is 23.7 Å². The predicted molar refractivity (Wildman–Crippen MR) is 76.3 cm³/mol. The van der Waals surface area contributed by atoms with E-state index in [4.69, 9.17) is 4.74 Å². The van der Waals surface area contributed by atoms with E-state index in [1.54, 1.807) is 11.7 Å². The molecule has 2 heterocycles. The quantitative estimate of drug-likeness (QED) is 0.589. The Morgan fingerprint density at radius 3 is 3.00 bits per heavy atom. The van der Waals surface area contributed by atoms with Crippen molar-refractivity contribution in [1.82, 2.24) is 15.2 Å². The van der Waals surface area contributed by atoms with E-state index >= 15 is 0 Å². The topological polar surface area (TPSA) is 98.4 Å². The van der Waals surface area contributed by atoms with Crippen molar-refractivity contribution in [2.45, 2.75) is 32.0 Å². The van der Waals surface area contributed by atoms with Gasteiger partial charge in [0.2, 0.25) is 0 Å². The molecule has 1 aliphatic heterocycles. The number of hydrogen-bond donors (Lipinski definition) is 2. The Morgan fingerprint density at radius 2 is 2.38 bits per heavy atom. The molecule has 0 bridgehead atoms. The lowest BCUT2D eigenvalue weighted by molar-refractivity contribution is -0.384. The summed E-state index contributed by atoms with van der Waals surface area (Å²) in [5.74, 6) is -0.313. The van der Waals surface area contributed by atoms with E-state index in [2.05, 4.69) is 10.6 Å². The molecule has 1 saturated heterocycles. The minimum absolute atomic E-state index is 0.0681. The monoisotopic (exact) mass is 296 g/mol. The van der Waals surface area contributed by atoms with Gasteiger partial charge >= 0.3 is 0 Å². The molecule has 0 aliphatic carbocycles. The molecule has 0 saturated carbocycles. The molecule has 0 aromatic carbocycles. The summed E-state index contributed by atoms with van der Waals surface area (Å²) < 4.78 is 6.91. The second kappa shape index (κ2) is 6.68. The third kappa shape index (κ3) is 3.40. The molecule has 1 fully saturated rings. The summed E-state index contributed by atoms with van der Waals surface area (Å²) in [5, 5.41) is 16.9. The fourth-order valence-corrected chi connectivity index (χ4v) is 2.50. The van der Waals surface area contributed by atoms with Crippen molar-refractivity contribution < 1.29 is 14.5 Å². The van der Waals surface area contributed by atoms with Crippen LogP contribution in [-0.2, 0) is 11.3 Å². The van der Waals surface area contributed by atoms with E-state index in [0.29, 0.717) is 25.3 Å². The van der Waals surface area contributed by atoms with Crippen LogP contribution in [-0.4, -0.2) is 47.7 Å². The summed E-state index contributed by atoms with van der Waals surface area (Å²) >= 11 is 0. The molecule has 1 aromatic heterocycles. The molecule has 116 valence electrons. The van der Waals surface area contributed by atoms with Gasteiger partial charge < -0.3 is 19.9 Å². The van der Waals surface area contributed by atoms with E-state index < -0.39 is 4.92 Å². The van der Waals surface area contributed by atoms with Gasteiger partial charge in [0.25, 0.3) is 11.6 Å². The van der Waals surface area contributed by atoms with Crippen molar-refractivity contribution >= 4 is 11.6 Å². The first-order valence-electron chi connectivity index (χ1n) is 6.95. The minimum atomic E-state index is -0.488. The summed E-state index contributed by atoms with van der Waals surface area (Å²) in [6.45, 7) is 3.82. The van der Waals surface area contributed by atoms with Crippen LogP contribution in [0.15, 0.2) is 12.3 Å². The van der Waals surface area contributed by atoms with Crippen LogP contribution in [0, 0.1) is 10.1 Å². The van der Waals surface area contributed by atoms with E-state index in [9.17, 15) is 14.9 Å². The zero-order chi connectivity index (χ0) is 15.4. The molecule has 2 atom stereocenters. The van der Waals surface area contributed by atoms with Crippen LogP contribution in [0.2, 0.25) is 0 Å². The number of carbonyl (C=O) groups is 1. The van der Waals surface area contributed by atoms with Crippen LogP contribution in [0.5, 0.6) is 0 Å². The van der Waals surface area contributed by atoms with Gasteiger partial charge in [0.15, 0.2) is 0 Å². The second-order valence-corrected chi connectivity index (χ2v) is 5.05. The SMILES string of the molecule is CCCn1cc([N+](=O)[O-])cc1C(=O)NC1CNC[C@@H]1OC. The number of amides is 1. The highest BCUT2D eigenvalue weighted by Crippen LogP contribution is 2.17. The fourth-order valence-electron chi connectivity index (χ4n) is 2.50. The Kier molecular flexibility index (Phi) is 4.92. The number of nitro groups is 1. The number of aryl methyl sites for hydroxylation is 1. The average Bonchev–Trinajstić information content (AvgIpc) is 3.05. The molecular formula is C13H20N4O4. The van der Waals surface area contributed by atoms with Gasteiger partial charge in [0.1, 0.15) is 5.69 Å². The van der Waals surface area contributed by atoms with Gasteiger partial charge in [0.05, 0.1) is 23.3 Å². The van der Waals surface area contributed by atoms with Crippen LogP contribution in [0.1, 0.15) is 23.8 Å². The zero-order valence-electron chi connectivity index (χ0n) is 12.2. The lowest BCUT2D eigenvalue weighted by atomic mass is 10.2. The van der Waals surface area contributed by atoms with Crippen molar-refractivity contribution in [2.75, 3.05) is 20.2 Å². The van der Waals surface area contributed by atoms with Gasteiger partial charge in [-0.3, -0.25) is 14.9 Å². The lowest BCUT2D eigenvalue weighted by Gasteiger charge is -2.18. The van der Waals surface area contributed by atoms with Crippen molar-refractivity contribution in [1.29, 1.82) is 0 Å². The van der Waals surface area contributed by atoms with Gasteiger partial charge in [-0.25, -0.2) is 0 Å². The molecule has 1 aliphatic rings. The Balaban J connectivity index is 2.15. The van der Waals surface area contributed by atoms with E-state index in [1.165, 1.54) is 12.3 Å². The zero-order valence-corrected chi connectivity index (χ0v) is 12.2. The third-order valence-corrected chi connectivity index (χ3v) is 3.57. The molecule has 8 nitrogen and oxygen atoms in total. The molecule has 2 N–H and O–H groups in total. The number of aromatic nitrogens is 1. The number of ether oxygens (including phenoxy) is 1. The number of methoxy groups -OCH3 is 1. The number of nitrogens with zero attached hydrogens (tertiary/aromatic N) is 2. The minimum Gasteiger partial charge on any atom is -0.378 e. The maximum Gasteiger partial charge on any atom is 0.287 e. The first-order valence-corrected chi connectivity index (χ1v) is 6.95. The van der Waals surface area contributed by atoms with Crippen molar-refractivity contribution in [3.05, 3.63) is 28.1 Å². The predicted octanol–water partition coefficient (Wildman–Crippen LogP) is 0.523. The van der Waals surface area contributed by atoms with Gasteiger partial charge in [-0.05, 0) is 6.42 Å². The van der Waals surface area contributed by atoms with Gasteiger partial charge in [0, 0.05) is 32.8 Å². The number of nitrogens with one attached hydrogen (secondary N) is 2. The smallest absolute Gasteiger partial charge is 0.287 e. The largest absolute Gasteiger partial charge is 0.378 e. The van der Waals surface area contributed by atoms with E-state index in [0.717, 1.165) is 6.42 Å². The first kappa shape index (κ1) is 15.5. The molecule has 21 heavy (non-hydrogen) atoms. The molecule has 1 unspecified atom stereocenters. The second-order valence-electron chi connectivity index (χ2n) is 5.05. The molecular weight excluding hydrogens is 276 g/mol. The summed E-state index contributed by atoms with van der Waals surface area (Å²) in [4.78, 5) is 22.7. The number of rotatable bonds is 6. The summed E-state index contributed by atoms with van der Waals surface area (Å²) in [5.41, 5.74) is 0.242. The van der Waals surface area contributed by atoms with Crippen molar-refractivity contribution in [2.24, 2.45) is 0 Å². The van der Waals surface area contributed by atoms with Gasteiger partial charge in [-0.1, -0.05) is 6.92 Å². The Hall–Kier alpha value is -1.93. The van der Waals surface area contributed by atoms with Crippen LogP contribution >= 0.6 is 0 Å². The van der Waals surface area contributed by atoms with Crippen LogP contribution in [0.25, 0.3) is 0 Å². The maximum atomic E-state index is 12.4. The maximum absolute atomic E-state index is 12.4. The summed E-state index contributed by atoms with van der Waals surface area (Å²) in [6.07, 6.45) is 2.11. The van der Waals surface area contributed by atoms with Crippen LogP contribution in [0.3, 0.4) is 0 Å². The third-order valence-electron chi connectivity index (χ3n) is 3.57. The fraction of sp³-hybridized carbons (Fsp3) is 0.615. The lowest BCUT2D eigenvalue weighted by Crippen LogP contribution is -2.44. The molecule has 2 rings (SSSR count). The highest BCUT2D eigenvalue weighted by molar-refractivity contribution is 5.93. The first-order chi connectivity index (χ1) is 10.1. The normalized spacial score (nSPS) is 21.4. The Labute approximate surface area is 122 Å². The molecule has 1 amide bonds. The van der Waals surface area contributed by atoms with Crippen LogP contribution < -0.4 is 10.6 Å². The van der Waals surface area contributed by atoms with Gasteiger partial charge in [-0.2, -0.15) is 0 Å². The summed E-state index contributed by atoms with van der Waals surface area (Å²) in [6, 6.07) is 1.18. The summed E-state index contributed by atoms with van der Waals surface area (Å²) in [7, 11) is 1.60. The van der Waals surface area contributed by atoms with Crippen LogP contribution in [0.4, 0.5) is 5.69 Å². The average molecular weight is 296 g/mol. The highest BCUT2D eigenvalue weighted by atomic mass is 16.6. The number of hydrogen-bond acceptors (Lipinski definition) is 5. The van der Waals surface area contributed by atoms with Gasteiger partial charge in [-0.15, -0.1) is 0 Å². The highest BCUT2D eigenvalue weighted by Gasteiger charge is 2.29. The molecule has 8 heteroatoms. The van der Waals surface area contributed by atoms with E-state index in [1.807, 2.05) is 6.92 Å². The van der Waals surface area contributed by atoms with Crippen molar-refractivity contribution in [3.8, 4) is 0 Å². The molecule has 0 spiro atoms. The Bertz CT molecular complexity index is 528. The molecule has 0 radical (unpaired) electrons. The van der Waals surface area contributed by atoms with Crippen molar-refractivity contribution in [3.63, 3.8) is 0 Å². The number of carbonyl (C=O) groups excluding carboxylic acids is 1. The Morgan fingerprint density at radius 1 is 1.62 bits per heavy atom.